The summed E-state index contributed by atoms with van der Waals surface area (Å²) in [6.45, 7) is 4.98. The zero-order chi connectivity index (χ0) is 46.1. The van der Waals surface area contributed by atoms with Crippen molar-refractivity contribution < 1.29 is 45.4 Å². The van der Waals surface area contributed by atoms with Crippen LogP contribution in [0.3, 0.4) is 0 Å². The highest BCUT2D eigenvalue weighted by atomic mass is 32.1. The third kappa shape index (κ3) is 10.5. The van der Waals surface area contributed by atoms with Crippen LogP contribution in [0.25, 0.3) is 0 Å². The Balaban J connectivity index is 0.000000240. The van der Waals surface area contributed by atoms with E-state index in [0.717, 1.165) is 24.3 Å². The van der Waals surface area contributed by atoms with Crippen LogP contribution in [-0.4, -0.2) is 59.5 Å². The van der Waals surface area contributed by atoms with Crippen LogP contribution < -0.4 is 15.5 Å². The number of pyridine rings is 2. The molecule has 344 valence electrons. The highest BCUT2D eigenvalue weighted by Gasteiger charge is 2.36. The molecule has 2 aliphatic heterocycles. The van der Waals surface area contributed by atoms with Crippen molar-refractivity contribution in [3.8, 4) is 23.7 Å². The predicted molar refractivity (Wildman–Crippen MR) is 241 cm³/mol. The van der Waals surface area contributed by atoms with Gasteiger partial charge in [0.15, 0.2) is 0 Å². The van der Waals surface area contributed by atoms with Gasteiger partial charge in [0, 0.05) is 59.2 Å². The molecular formula is C45H40F7N9O3S2. The van der Waals surface area contributed by atoms with E-state index >= 15 is 0 Å². The number of rotatable bonds is 4. The Hall–Kier alpha value is -6.81. The monoisotopic (exact) mass is 950 g/mol. The van der Waals surface area contributed by atoms with Crippen molar-refractivity contribution in [2.45, 2.75) is 58.5 Å². The number of aryl methyl sites for hydroxylation is 1. The van der Waals surface area contributed by atoms with Crippen LogP contribution in [0.4, 0.5) is 47.9 Å². The number of nitrogen functional groups attached to an aromatic ring is 1. The van der Waals surface area contributed by atoms with Gasteiger partial charge in [-0.25, -0.2) is 9.37 Å². The summed E-state index contributed by atoms with van der Waals surface area (Å²) in [6, 6.07) is 11.6. The van der Waals surface area contributed by atoms with Crippen molar-refractivity contribution in [1.29, 1.82) is 0 Å². The van der Waals surface area contributed by atoms with Gasteiger partial charge < -0.3 is 20.6 Å². The number of amides is 2. The number of alkyl halides is 7. The fourth-order valence-electron chi connectivity index (χ4n) is 7.08. The van der Waals surface area contributed by atoms with Gasteiger partial charge in [-0.2, -0.15) is 63.5 Å². The molecule has 3 N–H and O–H groups in total. The van der Waals surface area contributed by atoms with Crippen LogP contribution in [0.2, 0.25) is 0 Å². The summed E-state index contributed by atoms with van der Waals surface area (Å²) in [4.78, 5) is 37.3. The highest BCUT2D eigenvalue weighted by molar-refractivity contribution is 7.59. The molecule has 66 heavy (non-hydrogen) atoms. The van der Waals surface area contributed by atoms with Gasteiger partial charge in [0.05, 0.1) is 53.3 Å². The normalized spacial score (nSPS) is 15.4. The Morgan fingerprint density at radius 1 is 0.652 bits per heavy atom. The number of halogens is 7. The van der Waals surface area contributed by atoms with Crippen molar-refractivity contribution in [1.82, 2.24) is 29.5 Å². The quantitative estimate of drug-likeness (QED) is 0.134. The van der Waals surface area contributed by atoms with Gasteiger partial charge in [-0.3, -0.25) is 23.9 Å². The van der Waals surface area contributed by atoms with Crippen molar-refractivity contribution >= 4 is 56.0 Å². The molecule has 4 aromatic heterocycles. The number of aliphatic hydroxyl groups excluding tert-OH is 1. The van der Waals surface area contributed by atoms with Gasteiger partial charge in [-0.05, 0) is 87.0 Å². The third-order valence-electron chi connectivity index (χ3n) is 10.3. The van der Waals surface area contributed by atoms with Crippen LogP contribution in [0, 0.1) is 30.6 Å². The van der Waals surface area contributed by atoms with Gasteiger partial charge in [-0.15, -0.1) is 0 Å². The summed E-state index contributed by atoms with van der Waals surface area (Å²) in [5.74, 6) is 10.9. The fourth-order valence-corrected chi connectivity index (χ4v) is 7.08. The molecule has 2 amide bonds. The minimum absolute atomic E-state index is 0. The maximum absolute atomic E-state index is 13.3. The number of aliphatic hydroxyl groups is 1. The first-order chi connectivity index (χ1) is 30.4. The summed E-state index contributed by atoms with van der Waals surface area (Å²) in [7, 11) is 0. The van der Waals surface area contributed by atoms with E-state index in [-0.39, 0.29) is 76.0 Å². The molecule has 21 heteroatoms. The number of carbonyl (C=O) groups excluding carboxylic acids is 2. The number of hydrogen-bond donors (Lipinski definition) is 2. The molecule has 0 aliphatic carbocycles. The van der Waals surface area contributed by atoms with Crippen molar-refractivity contribution in [2.75, 3.05) is 28.6 Å². The molecule has 2 aromatic carbocycles. The number of carbonyl (C=O) groups is 2. The number of fused-ring (bicyclic) bond motifs is 2. The Morgan fingerprint density at radius 2 is 1.06 bits per heavy atom. The molecule has 6 heterocycles. The van der Waals surface area contributed by atoms with Gasteiger partial charge in [0.2, 0.25) is 0 Å². The molecule has 2 aliphatic rings. The number of aromatic nitrogens is 6. The lowest BCUT2D eigenvalue weighted by Gasteiger charge is -2.32. The van der Waals surface area contributed by atoms with E-state index in [0.29, 0.717) is 50.4 Å². The Bertz CT molecular complexity index is 2680. The second-order valence-electron chi connectivity index (χ2n) is 14.9. The first kappa shape index (κ1) is 50.2. The maximum Gasteiger partial charge on any atom is 0.416 e. The van der Waals surface area contributed by atoms with Gasteiger partial charge >= 0.3 is 12.4 Å². The molecule has 12 nitrogen and oxygen atoms in total. The minimum atomic E-state index is -4.46. The SMILES string of the molecule is C[C@H]1CN(c2ccc(C(F)(F)F)cc2)C(=O)c2c(C#Cc3cnc(N)cc3CO)cnn21.Cc1cc(C[18F])c(C#Cc2cnn3c2C(=O)N(c2ccc(C(F)(F)F)cc2)C[C@@H]3C)cn1.S.S. The molecule has 0 radical (unpaired) electrons. The van der Waals surface area contributed by atoms with E-state index in [2.05, 4.69) is 43.8 Å². The average molecular weight is 951 g/mol. The first-order valence-corrected chi connectivity index (χ1v) is 19.4. The average Bonchev–Trinajstić information content (AvgIpc) is 3.91. The predicted octanol–water partition coefficient (Wildman–Crippen LogP) is 7.91. The molecule has 0 saturated heterocycles. The first-order valence-electron chi connectivity index (χ1n) is 19.4. The number of nitrogens with zero attached hydrogens (tertiary/aromatic N) is 8. The molecule has 0 saturated carbocycles. The largest absolute Gasteiger partial charge is 0.416 e. The topological polar surface area (TPSA) is 148 Å². The van der Waals surface area contributed by atoms with Crippen molar-refractivity contribution in [3.63, 3.8) is 0 Å². The zero-order valence-corrected chi connectivity index (χ0v) is 37.1. The number of hydrogen-bond acceptors (Lipinski definition) is 8. The summed E-state index contributed by atoms with van der Waals surface area (Å²) in [5.41, 5.74) is 8.38. The summed E-state index contributed by atoms with van der Waals surface area (Å²) in [5, 5.41) is 18.0. The van der Waals surface area contributed by atoms with E-state index in [1.807, 2.05) is 13.8 Å². The van der Waals surface area contributed by atoms with E-state index in [1.165, 1.54) is 64.9 Å². The molecule has 6 aromatic rings. The third-order valence-corrected chi connectivity index (χ3v) is 10.3. The lowest BCUT2D eigenvalue weighted by Crippen LogP contribution is -2.43. The molecule has 2 atom stereocenters. The fraction of sp³-hybridized carbons (Fsp3) is 0.244. The summed E-state index contributed by atoms with van der Waals surface area (Å²) < 4.78 is 93.7. The Morgan fingerprint density at radius 3 is 1.47 bits per heavy atom. The maximum atomic E-state index is 13.3. The summed E-state index contributed by atoms with van der Waals surface area (Å²) >= 11 is 0. The van der Waals surface area contributed by atoms with Crippen LogP contribution in [0.5, 0.6) is 0 Å². The highest BCUT2D eigenvalue weighted by Crippen LogP contribution is 2.34. The zero-order valence-electron chi connectivity index (χ0n) is 35.1. The smallest absolute Gasteiger partial charge is 0.392 e. The summed E-state index contributed by atoms with van der Waals surface area (Å²) in [6.07, 6.45) is -3.07. The molecule has 8 rings (SSSR count). The number of benzene rings is 2. The van der Waals surface area contributed by atoms with Crippen LogP contribution in [0.1, 0.15) is 97.1 Å². The van der Waals surface area contributed by atoms with Crippen LogP contribution in [-0.2, 0) is 25.6 Å². The standard InChI is InChI=1S/C23H18F4N4O.C22H18F3N5O2.2H2S/c1-14-9-18(10-24)16(11-28-14)3-4-17-12-29-31-15(2)13-30(22(32)21(17)31)20-7-5-19(6-8-20)23(25,26)27;1-13-11-29(18-6-4-17(5-7-18)22(23,24)25)21(32)20-15(10-28-30(13)20)3-2-14-9-27-19(26)8-16(14)12-31;;/h5-9,11-12,15H,10,13H2,1-2H3;4-10,13,31H,11-12H2,1H3,(H2,26,27);2*1H2/t15-;13-;;/m00../s1/i24-1;;;. The van der Waals surface area contributed by atoms with E-state index in [4.69, 9.17) is 5.73 Å². The van der Waals surface area contributed by atoms with Crippen molar-refractivity contribution in [3.05, 3.63) is 147 Å². The Kier molecular flexibility index (Phi) is 15.3. The molecule has 0 fully saturated rings. The second kappa shape index (κ2) is 20.1. The van der Waals surface area contributed by atoms with Gasteiger partial charge in [0.25, 0.3) is 11.8 Å². The van der Waals surface area contributed by atoms with E-state index < -0.39 is 42.0 Å². The van der Waals surface area contributed by atoms with Crippen LogP contribution >= 0.6 is 27.0 Å². The lowest BCUT2D eigenvalue weighted by molar-refractivity contribution is -0.138. The van der Waals surface area contributed by atoms with Crippen LogP contribution in [0.15, 0.2) is 85.5 Å². The van der Waals surface area contributed by atoms with Gasteiger partial charge in [0.1, 0.15) is 23.9 Å². The van der Waals surface area contributed by atoms with Crippen molar-refractivity contribution in [2.24, 2.45) is 0 Å². The van der Waals surface area contributed by atoms with E-state index in [9.17, 15) is 45.4 Å². The molecule has 0 unspecified atom stereocenters. The van der Waals surface area contributed by atoms with E-state index in [1.54, 1.807) is 22.4 Å². The number of nitrogens with two attached hydrogens (primary N) is 1. The Labute approximate surface area is 387 Å². The minimum Gasteiger partial charge on any atom is -0.392 e. The lowest BCUT2D eigenvalue weighted by atomic mass is 10.1. The van der Waals surface area contributed by atoms with Gasteiger partial charge in [-0.1, -0.05) is 23.7 Å². The second-order valence-corrected chi connectivity index (χ2v) is 14.9. The molecular weight excluding hydrogens is 911 g/mol. The molecule has 0 bridgehead atoms. The molecule has 0 spiro atoms. The number of anilines is 3.